The molecule has 1 aromatic carbocycles. The molecule has 0 aromatic heterocycles. The fraction of sp³-hybridized carbons (Fsp3) is 0.462. The number of nitrogens with one attached hydrogen (secondary N) is 1. The van der Waals surface area contributed by atoms with Gasteiger partial charge in [-0.1, -0.05) is 12.1 Å². The molecular formula is C13H19N3O3S. The fourth-order valence-corrected chi connectivity index (χ4v) is 3.64. The number of carbonyl (C=O) groups is 1. The molecule has 1 amide bonds. The van der Waals surface area contributed by atoms with Crippen molar-refractivity contribution in [2.24, 2.45) is 5.73 Å². The van der Waals surface area contributed by atoms with Crippen molar-refractivity contribution in [2.75, 3.05) is 13.1 Å². The number of nitrogens with two attached hydrogens (primary N) is 1. The number of hydrogen-bond acceptors (Lipinski definition) is 4. The predicted octanol–water partition coefficient (Wildman–Crippen LogP) is 0.0444. The zero-order valence-electron chi connectivity index (χ0n) is 11.4. The minimum absolute atomic E-state index is 0.0798. The van der Waals surface area contributed by atoms with Crippen LogP contribution in [0.15, 0.2) is 29.2 Å². The van der Waals surface area contributed by atoms with Crippen LogP contribution in [0.4, 0.5) is 0 Å². The average molecular weight is 297 g/mol. The van der Waals surface area contributed by atoms with E-state index in [0.29, 0.717) is 26.1 Å². The van der Waals surface area contributed by atoms with Gasteiger partial charge in [0, 0.05) is 32.6 Å². The molecule has 0 unspecified atom stereocenters. The Balaban J connectivity index is 2.11. The molecule has 7 heteroatoms. The highest BCUT2D eigenvalue weighted by Gasteiger charge is 2.30. The van der Waals surface area contributed by atoms with Crippen molar-refractivity contribution >= 4 is 15.9 Å². The standard InChI is InChI=1S/C13H19N3O3S/c1-10(17)15-8-11-2-4-13(5-3-11)20(18,19)16-7-6-12(14)9-16/h2-5,12H,6-9,14H2,1H3,(H,15,17)/t12-/m0/s1. The van der Waals surface area contributed by atoms with Gasteiger partial charge in [-0.15, -0.1) is 0 Å². The Labute approximate surface area is 119 Å². The van der Waals surface area contributed by atoms with Crippen molar-refractivity contribution in [1.29, 1.82) is 0 Å². The van der Waals surface area contributed by atoms with Crippen LogP contribution in [0.25, 0.3) is 0 Å². The molecule has 1 aromatic rings. The normalized spacial score (nSPS) is 20.0. The number of hydrogen-bond donors (Lipinski definition) is 2. The van der Waals surface area contributed by atoms with E-state index in [2.05, 4.69) is 5.32 Å². The van der Waals surface area contributed by atoms with Crippen molar-refractivity contribution in [2.45, 2.75) is 30.8 Å². The number of carbonyl (C=O) groups excluding carboxylic acids is 1. The highest BCUT2D eigenvalue weighted by molar-refractivity contribution is 7.89. The van der Waals surface area contributed by atoms with Crippen LogP contribution in [-0.4, -0.2) is 37.8 Å². The summed E-state index contributed by atoms with van der Waals surface area (Å²) < 4.78 is 26.1. The maximum absolute atomic E-state index is 12.4. The van der Waals surface area contributed by atoms with Crippen molar-refractivity contribution in [3.8, 4) is 0 Å². The number of benzene rings is 1. The van der Waals surface area contributed by atoms with Gasteiger partial charge >= 0.3 is 0 Å². The van der Waals surface area contributed by atoms with Crippen molar-refractivity contribution < 1.29 is 13.2 Å². The van der Waals surface area contributed by atoms with Gasteiger partial charge in [0.05, 0.1) is 4.90 Å². The molecule has 1 aliphatic rings. The van der Waals surface area contributed by atoms with E-state index in [1.807, 2.05) is 0 Å². The quantitative estimate of drug-likeness (QED) is 0.821. The fourth-order valence-electron chi connectivity index (χ4n) is 2.13. The molecule has 0 saturated carbocycles. The lowest BCUT2D eigenvalue weighted by Gasteiger charge is -2.16. The highest BCUT2D eigenvalue weighted by Crippen LogP contribution is 2.20. The van der Waals surface area contributed by atoms with E-state index in [0.717, 1.165) is 5.56 Å². The van der Waals surface area contributed by atoms with Gasteiger partial charge < -0.3 is 11.1 Å². The van der Waals surface area contributed by atoms with E-state index in [9.17, 15) is 13.2 Å². The Bertz CT molecular complexity index is 583. The molecule has 110 valence electrons. The Morgan fingerprint density at radius 3 is 2.55 bits per heavy atom. The van der Waals surface area contributed by atoms with E-state index in [1.54, 1.807) is 24.3 Å². The van der Waals surface area contributed by atoms with Crippen LogP contribution >= 0.6 is 0 Å². The van der Waals surface area contributed by atoms with Crippen molar-refractivity contribution in [1.82, 2.24) is 9.62 Å². The molecule has 3 N–H and O–H groups in total. The van der Waals surface area contributed by atoms with E-state index in [4.69, 9.17) is 5.73 Å². The van der Waals surface area contributed by atoms with Crippen LogP contribution in [0, 0.1) is 0 Å². The van der Waals surface area contributed by atoms with Gasteiger partial charge in [0.2, 0.25) is 15.9 Å². The molecule has 0 radical (unpaired) electrons. The minimum atomic E-state index is -3.45. The van der Waals surface area contributed by atoms with Crippen LogP contribution in [0.5, 0.6) is 0 Å². The lowest BCUT2D eigenvalue weighted by molar-refractivity contribution is -0.119. The van der Waals surface area contributed by atoms with E-state index < -0.39 is 10.0 Å². The van der Waals surface area contributed by atoms with E-state index in [-0.39, 0.29) is 16.8 Å². The van der Waals surface area contributed by atoms with Crippen LogP contribution in [0.3, 0.4) is 0 Å². The van der Waals surface area contributed by atoms with E-state index >= 15 is 0 Å². The van der Waals surface area contributed by atoms with Crippen LogP contribution in [-0.2, 0) is 21.4 Å². The highest BCUT2D eigenvalue weighted by atomic mass is 32.2. The lowest BCUT2D eigenvalue weighted by Crippen LogP contribution is -2.32. The monoisotopic (exact) mass is 297 g/mol. The second-order valence-electron chi connectivity index (χ2n) is 4.97. The van der Waals surface area contributed by atoms with E-state index in [1.165, 1.54) is 11.2 Å². The first-order valence-electron chi connectivity index (χ1n) is 6.48. The largest absolute Gasteiger partial charge is 0.352 e. The molecular weight excluding hydrogens is 278 g/mol. The second kappa shape index (κ2) is 5.90. The number of rotatable bonds is 4. The van der Waals surface area contributed by atoms with Gasteiger partial charge in [0.1, 0.15) is 0 Å². The number of sulfonamides is 1. The van der Waals surface area contributed by atoms with Crippen molar-refractivity contribution in [3.05, 3.63) is 29.8 Å². The number of nitrogens with zero attached hydrogens (tertiary/aromatic N) is 1. The molecule has 1 heterocycles. The maximum atomic E-state index is 12.4. The first kappa shape index (κ1) is 15.0. The molecule has 1 aliphatic heterocycles. The maximum Gasteiger partial charge on any atom is 0.243 e. The molecule has 6 nitrogen and oxygen atoms in total. The minimum Gasteiger partial charge on any atom is -0.352 e. The Hall–Kier alpha value is -1.44. The Morgan fingerprint density at radius 1 is 1.40 bits per heavy atom. The van der Waals surface area contributed by atoms with Gasteiger partial charge in [-0.25, -0.2) is 8.42 Å². The summed E-state index contributed by atoms with van der Waals surface area (Å²) in [6.45, 7) is 2.67. The lowest BCUT2D eigenvalue weighted by atomic mass is 10.2. The smallest absolute Gasteiger partial charge is 0.243 e. The summed E-state index contributed by atoms with van der Waals surface area (Å²) in [5, 5.41) is 2.67. The summed E-state index contributed by atoms with van der Waals surface area (Å²) in [7, 11) is -3.45. The van der Waals surface area contributed by atoms with Gasteiger partial charge in [0.25, 0.3) is 0 Å². The summed E-state index contributed by atoms with van der Waals surface area (Å²) in [4.78, 5) is 11.1. The summed E-state index contributed by atoms with van der Waals surface area (Å²) in [6.07, 6.45) is 0.694. The zero-order chi connectivity index (χ0) is 14.8. The van der Waals surface area contributed by atoms with Crippen LogP contribution in [0.2, 0.25) is 0 Å². The molecule has 0 aliphatic carbocycles. The van der Waals surface area contributed by atoms with Crippen molar-refractivity contribution in [3.63, 3.8) is 0 Å². The molecule has 1 fully saturated rings. The third-order valence-corrected chi connectivity index (χ3v) is 5.17. The molecule has 1 atom stereocenters. The van der Waals surface area contributed by atoms with Gasteiger partial charge in [-0.3, -0.25) is 4.79 Å². The third kappa shape index (κ3) is 3.36. The topological polar surface area (TPSA) is 92.5 Å². The Morgan fingerprint density at radius 2 is 2.05 bits per heavy atom. The summed E-state index contributed by atoms with van der Waals surface area (Å²) in [6, 6.07) is 6.47. The first-order valence-corrected chi connectivity index (χ1v) is 7.92. The number of amides is 1. The van der Waals surface area contributed by atoms with Crippen LogP contribution in [0.1, 0.15) is 18.9 Å². The Kier molecular flexibility index (Phi) is 4.42. The summed E-state index contributed by atoms with van der Waals surface area (Å²) in [5.74, 6) is -0.118. The van der Waals surface area contributed by atoms with Gasteiger partial charge in [0.15, 0.2) is 0 Å². The SMILES string of the molecule is CC(=O)NCc1ccc(S(=O)(=O)N2CC[C@H](N)C2)cc1. The molecule has 20 heavy (non-hydrogen) atoms. The molecule has 2 rings (SSSR count). The summed E-state index contributed by atoms with van der Waals surface area (Å²) >= 11 is 0. The third-order valence-electron chi connectivity index (χ3n) is 3.29. The second-order valence-corrected chi connectivity index (χ2v) is 6.90. The van der Waals surface area contributed by atoms with Gasteiger partial charge in [-0.05, 0) is 24.1 Å². The molecule has 1 saturated heterocycles. The van der Waals surface area contributed by atoms with Crippen LogP contribution < -0.4 is 11.1 Å². The average Bonchev–Trinajstić information content (AvgIpc) is 2.84. The van der Waals surface area contributed by atoms with Gasteiger partial charge in [-0.2, -0.15) is 4.31 Å². The zero-order valence-corrected chi connectivity index (χ0v) is 12.2. The molecule has 0 bridgehead atoms. The first-order chi connectivity index (χ1) is 9.39. The summed E-state index contributed by atoms with van der Waals surface area (Å²) in [5.41, 5.74) is 6.60. The predicted molar refractivity (Wildman–Crippen MR) is 75.3 cm³/mol. The molecule has 0 spiro atoms.